The maximum Gasteiger partial charge on any atom is 0.258 e. The number of aromatic nitrogens is 2. The molecule has 9 nitrogen and oxygen atoms in total. The minimum absolute atomic E-state index is 0. The second-order valence-corrected chi connectivity index (χ2v) is 8.38. The lowest BCUT2D eigenvalue weighted by atomic mass is 9.90. The molecule has 0 aliphatic heterocycles. The Morgan fingerprint density at radius 3 is 2.43 bits per heavy atom. The van der Waals surface area contributed by atoms with Gasteiger partial charge in [0.05, 0.1) is 12.6 Å². The molecule has 1 heterocycles. The van der Waals surface area contributed by atoms with Crippen LogP contribution in [0.15, 0.2) is 42.5 Å². The Balaban J connectivity index is 0.00000216. The average molecular weight is 541 g/mol. The highest BCUT2D eigenvalue weighted by molar-refractivity contribution is 6.30. The van der Waals surface area contributed by atoms with E-state index in [1.54, 1.807) is 31.4 Å². The van der Waals surface area contributed by atoms with Crippen LogP contribution < -0.4 is 26.4 Å². The number of carbonyl (C=O) groups is 1. The Morgan fingerprint density at radius 1 is 1.09 bits per heavy atom. The Labute approximate surface area is 220 Å². The zero-order valence-electron chi connectivity index (χ0n) is 19.0. The SMILES string of the molecule is COc1ccc2nc(NC(=O)c3ccc(Cl)cc3)nc(NC3CCCCC3NC(=N)N)c2c1.Cl.Cl. The number of ether oxygens (including phenoxy) is 1. The number of rotatable bonds is 6. The average Bonchev–Trinajstić information content (AvgIpc) is 2.80. The third kappa shape index (κ3) is 7.00. The summed E-state index contributed by atoms with van der Waals surface area (Å²) in [4.78, 5) is 21.9. The summed E-state index contributed by atoms with van der Waals surface area (Å²) in [5.74, 6) is 1.04. The van der Waals surface area contributed by atoms with E-state index >= 15 is 0 Å². The first-order valence-electron chi connectivity index (χ1n) is 10.7. The molecule has 1 amide bonds. The molecular formula is C23H28Cl3N7O2. The summed E-state index contributed by atoms with van der Waals surface area (Å²) in [5, 5.41) is 18.3. The number of amides is 1. The predicted molar refractivity (Wildman–Crippen MR) is 145 cm³/mol. The van der Waals surface area contributed by atoms with Crippen molar-refractivity contribution in [1.29, 1.82) is 5.41 Å². The van der Waals surface area contributed by atoms with Gasteiger partial charge < -0.3 is 21.1 Å². The molecule has 2 aromatic carbocycles. The molecule has 0 bridgehead atoms. The van der Waals surface area contributed by atoms with Crippen molar-refractivity contribution < 1.29 is 9.53 Å². The van der Waals surface area contributed by atoms with E-state index in [2.05, 4.69) is 25.9 Å². The molecule has 1 saturated carbocycles. The van der Waals surface area contributed by atoms with Crippen LogP contribution in [0.4, 0.5) is 11.8 Å². The Morgan fingerprint density at radius 2 is 1.77 bits per heavy atom. The Hall–Kier alpha value is -3.01. The number of methoxy groups -OCH3 is 1. The summed E-state index contributed by atoms with van der Waals surface area (Å²) in [6, 6.07) is 12.1. The molecule has 2 unspecified atom stereocenters. The molecule has 6 N–H and O–H groups in total. The van der Waals surface area contributed by atoms with Gasteiger partial charge in [0.1, 0.15) is 11.6 Å². The molecule has 12 heteroatoms. The lowest BCUT2D eigenvalue weighted by Gasteiger charge is -2.33. The number of guanidine groups is 1. The van der Waals surface area contributed by atoms with Crippen LogP contribution in [0.5, 0.6) is 5.75 Å². The molecule has 0 spiro atoms. The third-order valence-electron chi connectivity index (χ3n) is 5.66. The van der Waals surface area contributed by atoms with E-state index in [1.807, 2.05) is 18.2 Å². The quantitative estimate of drug-likeness (QED) is 0.228. The number of hydrogen-bond donors (Lipinski definition) is 5. The zero-order chi connectivity index (χ0) is 23.4. The molecular weight excluding hydrogens is 513 g/mol. The van der Waals surface area contributed by atoms with E-state index in [4.69, 9.17) is 27.5 Å². The number of nitrogens with two attached hydrogens (primary N) is 1. The first kappa shape index (κ1) is 28.2. The summed E-state index contributed by atoms with van der Waals surface area (Å²) in [6.45, 7) is 0. The van der Waals surface area contributed by atoms with Gasteiger partial charge in [-0.25, -0.2) is 4.98 Å². The standard InChI is InChI=1S/C23H26ClN7O2.2ClH/c1-33-15-10-11-17-16(12-15)20(27-18-4-2-3-5-19(18)28-22(25)26)30-23(29-17)31-21(32)13-6-8-14(24)9-7-13;;/h6-12,18-19H,2-5H2,1H3,(H4,25,26,28)(H2,27,29,30,31,32);2*1H. The molecule has 1 aliphatic carbocycles. The summed E-state index contributed by atoms with van der Waals surface area (Å²) >= 11 is 5.92. The second-order valence-electron chi connectivity index (χ2n) is 7.94. The zero-order valence-corrected chi connectivity index (χ0v) is 21.4. The number of benzene rings is 2. The largest absolute Gasteiger partial charge is 0.497 e. The van der Waals surface area contributed by atoms with E-state index in [0.717, 1.165) is 31.1 Å². The molecule has 1 fully saturated rings. The lowest BCUT2D eigenvalue weighted by Crippen LogP contribution is -2.50. The monoisotopic (exact) mass is 539 g/mol. The molecule has 188 valence electrons. The van der Waals surface area contributed by atoms with Gasteiger partial charge in [0, 0.05) is 28.1 Å². The molecule has 0 radical (unpaired) electrons. The Kier molecular flexibility index (Phi) is 10.2. The molecule has 1 aliphatic rings. The van der Waals surface area contributed by atoms with E-state index < -0.39 is 0 Å². The van der Waals surface area contributed by atoms with Crippen LogP contribution in [-0.4, -0.2) is 41.0 Å². The maximum atomic E-state index is 12.7. The highest BCUT2D eigenvalue weighted by atomic mass is 35.5. The topological polar surface area (TPSA) is 138 Å². The van der Waals surface area contributed by atoms with Crippen molar-refractivity contribution >= 4 is 71.0 Å². The number of hydrogen-bond acceptors (Lipinski definition) is 6. The predicted octanol–water partition coefficient (Wildman–Crippen LogP) is 4.59. The number of fused-ring (bicyclic) bond motifs is 1. The van der Waals surface area contributed by atoms with Gasteiger partial charge in [0.2, 0.25) is 5.95 Å². The van der Waals surface area contributed by atoms with Crippen LogP contribution in [0.25, 0.3) is 10.9 Å². The summed E-state index contributed by atoms with van der Waals surface area (Å²) in [5.41, 5.74) is 6.71. The summed E-state index contributed by atoms with van der Waals surface area (Å²) < 4.78 is 5.38. The van der Waals surface area contributed by atoms with E-state index in [9.17, 15) is 4.79 Å². The summed E-state index contributed by atoms with van der Waals surface area (Å²) in [6.07, 6.45) is 3.90. The van der Waals surface area contributed by atoms with Crippen LogP contribution in [0.1, 0.15) is 36.0 Å². The van der Waals surface area contributed by atoms with Crippen molar-refractivity contribution in [3.05, 3.63) is 53.1 Å². The van der Waals surface area contributed by atoms with E-state index in [0.29, 0.717) is 27.7 Å². The third-order valence-corrected chi connectivity index (χ3v) is 5.92. The second kappa shape index (κ2) is 12.6. The number of nitrogens with zero attached hydrogens (tertiary/aromatic N) is 2. The first-order valence-corrected chi connectivity index (χ1v) is 11.1. The van der Waals surface area contributed by atoms with Crippen molar-refractivity contribution in [2.75, 3.05) is 17.7 Å². The number of halogens is 3. The van der Waals surface area contributed by atoms with Crippen molar-refractivity contribution in [1.82, 2.24) is 15.3 Å². The van der Waals surface area contributed by atoms with Gasteiger partial charge in [-0.3, -0.25) is 15.5 Å². The number of anilines is 2. The van der Waals surface area contributed by atoms with Crippen LogP contribution in [-0.2, 0) is 0 Å². The maximum absolute atomic E-state index is 12.7. The normalized spacial score (nSPS) is 16.9. The fraction of sp³-hybridized carbons (Fsp3) is 0.304. The smallest absolute Gasteiger partial charge is 0.258 e. The van der Waals surface area contributed by atoms with E-state index in [1.165, 1.54) is 0 Å². The van der Waals surface area contributed by atoms with Crippen molar-refractivity contribution in [2.24, 2.45) is 5.73 Å². The highest BCUT2D eigenvalue weighted by Gasteiger charge is 2.26. The van der Waals surface area contributed by atoms with Crippen molar-refractivity contribution in [3.63, 3.8) is 0 Å². The van der Waals surface area contributed by atoms with Gasteiger partial charge in [-0.15, -0.1) is 24.8 Å². The van der Waals surface area contributed by atoms with Crippen molar-refractivity contribution in [2.45, 2.75) is 37.8 Å². The fourth-order valence-corrected chi connectivity index (χ4v) is 4.15. The van der Waals surface area contributed by atoms with Crippen molar-refractivity contribution in [3.8, 4) is 5.75 Å². The molecule has 3 aromatic rings. The molecule has 1 aromatic heterocycles. The summed E-state index contributed by atoms with van der Waals surface area (Å²) in [7, 11) is 1.60. The van der Waals surface area contributed by atoms with Gasteiger partial charge in [-0.05, 0) is 55.3 Å². The molecule has 0 saturated heterocycles. The van der Waals surface area contributed by atoms with Gasteiger partial charge in [0.15, 0.2) is 5.96 Å². The number of carbonyl (C=O) groups excluding carboxylic acids is 1. The minimum Gasteiger partial charge on any atom is -0.497 e. The van der Waals surface area contributed by atoms with Gasteiger partial charge in [-0.1, -0.05) is 24.4 Å². The van der Waals surface area contributed by atoms with Gasteiger partial charge in [0.25, 0.3) is 5.91 Å². The number of nitrogens with one attached hydrogen (secondary N) is 4. The van der Waals surface area contributed by atoms with Crippen LogP contribution in [0.2, 0.25) is 5.02 Å². The molecule has 2 atom stereocenters. The lowest BCUT2D eigenvalue weighted by molar-refractivity contribution is 0.102. The molecule has 35 heavy (non-hydrogen) atoms. The molecule has 4 rings (SSSR count). The minimum atomic E-state index is -0.334. The van der Waals surface area contributed by atoms with E-state index in [-0.39, 0.29) is 54.7 Å². The van der Waals surface area contributed by atoms with Gasteiger partial charge in [-0.2, -0.15) is 4.98 Å². The van der Waals surface area contributed by atoms with Crippen LogP contribution >= 0.6 is 36.4 Å². The highest BCUT2D eigenvalue weighted by Crippen LogP contribution is 2.29. The van der Waals surface area contributed by atoms with Gasteiger partial charge >= 0.3 is 0 Å². The first-order chi connectivity index (χ1) is 15.9. The Bertz CT molecular complexity index is 1180. The van der Waals surface area contributed by atoms with Crippen LogP contribution in [0.3, 0.4) is 0 Å². The fourth-order valence-electron chi connectivity index (χ4n) is 4.03. The van der Waals surface area contributed by atoms with Crippen LogP contribution in [0, 0.1) is 5.41 Å².